The van der Waals surface area contributed by atoms with Gasteiger partial charge in [-0.05, 0) is 37.1 Å². The van der Waals surface area contributed by atoms with Crippen LogP contribution in [0.4, 0.5) is 4.39 Å². The third-order valence-corrected chi connectivity index (χ3v) is 3.14. The highest BCUT2D eigenvalue weighted by molar-refractivity contribution is 5.29. The van der Waals surface area contributed by atoms with Crippen molar-refractivity contribution in [3.8, 4) is 5.75 Å². The molecule has 1 heterocycles. The van der Waals surface area contributed by atoms with Crippen LogP contribution >= 0.6 is 0 Å². The summed E-state index contributed by atoms with van der Waals surface area (Å²) in [6, 6.07) is 7.21. The number of benzene rings is 1. The molecule has 1 N–H and O–H groups in total. The Labute approximate surface area is 95.8 Å². The number of nitrogens with one attached hydrogen (secondary N) is 1. The van der Waals surface area contributed by atoms with Crippen molar-refractivity contribution in [1.82, 2.24) is 5.32 Å². The number of hydrogen-bond acceptors (Lipinski definition) is 2. The van der Waals surface area contributed by atoms with E-state index in [0.29, 0.717) is 0 Å². The first kappa shape index (κ1) is 11.4. The second-order valence-corrected chi connectivity index (χ2v) is 4.23. The number of alkyl halides is 1. The zero-order valence-corrected chi connectivity index (χ0v) is 9.58. The normalized spacial score (nSPS) is 22.8. The Morgan fingerprint density at radius 2 is 2.06 bits per heavy atom. The maximum absolute atomic E-state index is 14.2. The zero-order valence-electron chi connectivity index (χ0n) is 9.58. The van der Waals surface area contributed by atoms with Gasteiger partial charge in [0, 0.05) is 6.04 Å². The van der Waals surface area contributed by atoms with Crippen LogP contribution in [0.5, 0.6) is 5.75 Å². The highest BCUT2D eigenvalue weighted by Gasteiger charge is 2.24. The summed E-state index contributed by atoms with van der Waals surface area (Å²) in [5.74, 6) is 0.771. The van der Waals surface area contributed by atoms with Gasteiger partial charge < -0.3 is 10.1 Å². The van der Waals surface area contributed by atoms with Crippen molar-refractivity contribution in [2.24, 2.45) is 0 Å². The van der Waals surface area contributed by atoms with Crippen LogP contribution in [0.3, 0.4) is 0 Å². The molecular weight excluding hydrogens is 205 g/mol. The molecule has 0 spiro atoms. The molecule has 3 heteroatoms. The summed E-state index contributed by atoms with van der Waals surface area (Å²) >= 11 is 0. The van der Waals surface area contributed by atoms with E-state index >= 15 is 0 Å². The summed E-state index contributed by atoms with van der Waals surface area (Å²) in [6.07, 6.45) is 2.29. The molecule has 0 aliphatic carbocycles. The zero-order chi connectivity index (χ0) is 11.4. The summed E-state index contributed by atoms with van der Waals surface area (Å²) in [5.41, 5.74) is 0.736. The Morgan fingerprint density at radius 3 is 2.62 bits per heavy atom. The minimum Gasteiger partial charge on any atom is -0.497 e. The van der Waals surface area contributed by atoms with Crippen molar-refractivity contribution < 1.29 is 9.13 Å². The first-order chi connectivity index (χ1) is 7.81. The lowest BCUT2D eigenvalue weighted by Gasteiger charge is -2.26. The van der Waals surface area contributed by atoms with Crippen molar-refractivity contribution >= 4 is 0 Å². The first-order valence-electron chi connectivity index (χ1n) is 5.82. The highest BCUT2D eigenvalue weighted by Crippen LogP contribution is 2.27. The lowest BCUT2D eigenvalue weighted by Crippen LogP contribution is -2.37. The van der Waals surface area contributed by atoms with Crippen LogP contribution in [0.25, 0.3) is 0 Å². The van der Waals surface area contributed by atoms with E-state index in [0.717, 1.165) is 37.1 Å². The van der Waals surface area contributed by atoms with Crippen LogP contribution in [0, 0.1) is 0 Å². The van der Waals surface area contributed by atoms with Crippen molar-refractivity contribution in [1.29, 1.82) is 0 Å². The van der Waals surface area contributed by atoms with Crippen molar-refractivity contribution in [2.75, 3.05) is 13.7 Å². The summed E-state index contributed by atoms with van der Waals surface area (Å²) in [5, 5.41) is 3.24. The van der Waals surface area contributed by atoms with Crippen LogP contribution in [0.1, 0.15) is 31.0 Å². The number of rotatable bonds is 3. The number of hydrogen-bond donors (Lipinski definition) is 1. The lowest BCUT2D eigenvalue weighted by atomic mass is 9.96. The standard InChI is InChI=1S/C13H18FNO/c1-16-11-7-5-10(6-8-11)13(14)12-4-2-3-9-15-12/h5-8,12-13,15H,2-4,9H2,1H3. The molecule has 1 saturated heterocycles. The van der Waals surface area contributed by atoms with Gasteiger partial charge in [-0.1, -0.05) is 18.6 Å². The number of methoxy groups -OCH3 is 1. The van der Waals surface area contributed by atoms with Crippen LogP contribution in [-0.2, 0) is 0 Å². The quantitative estimate of drug-likeness (QED) is 0.850. The van der Waals surface area contributed by atoms with E-state index in [1.54, 1.807) is 19.2 Å². The van der Waals surface area contributed by atoms with Crippen LogP contribution in [0.15, 0.2) is 24.3 Å². The molecule has 88 valence electrons. The third-order valence-electron chi connectivity index (χ3n) is 3.14. The van der Waals surface area contributed by atoms with Crippen molar-refractivity contribution in [2.45, 2.75) is 31.5 Å². The monoisotopic (exact) mass is 223 g/mol. The van der Waals surface area contributed by atoms with E-state index in [4.69, 9.17) is 4.74 Å². The van der Waals surface area contributed by atoms with E-state index in [1.807, 2.05) is 12.1 Å². The van der Waals surface area contributed by atoms with E-state index in [-0.39, 0.29) is 6.04 Å². The minimum absolute atomic E-state index is 0.0258. The predicted octanol–water partition coefficient (Wildman–Crippen LogP) is 2.85. The van der Waals surface area contributed by atoms with E-state index < -0.39 is 6.17 Å². The van der Waals surface area contributed by atoms with Gasteiger partial charge in [0.25, 0.3) is 0 Å². The molecule has 1 aliphatic heterocycles. The molecule has 2 atom stereocenters. The Bertz CT molecular complexity index is 319. The fourth-order valence-electron chi connectivity index (χ4n) is 2.15. The van der Waals surface area contributed by atoms with Crippen LogP contribution in [-0.4, -0.2) is 19.7 Å². The van der Waals surface area contributed by atoms with Crippen LogP contribution < -0.4 is 10.1 Å². The van der Waals surface area contributed by atoms with Gasteiger partial charge >= 0.3 is 0 Å². The lowest BCUT2D eigenvalue weighted by molar-refractivity contribution is 0.221. The van der Waals surface area contributed by atoms with E-state index in [1.165, 1.54) is 0 Å². The summed E-state index contributed by atoms with van der Waals surface area (Å²) < 4.78 is 19.2. The molecule has 0 amide bonds. The largest absolute Gasteiger partial charge is 0.497 e. The first-order valence-corrected chi connectivity index (χ1v) is 5.82. The molecule has 2 unspecified atom stereocenters. The molecule has 0 bridgehead atoms. The van der Waals surface area contributed by atoms with Gasteiger partial charge in [0.05, 0.1) is 7.11 Å². The predicted molar refractivity (Wildman–Crippen MR) is 62.5 cm³/mol. The molecule has 1 aliphatic rings. The van der Waals surface area contributed by atoms with E-state index in [2.05, 4.69) is 5.32 Å². The number of piperidine rings is 1. The maximum Gasteiger partial charge on any atom is 0.140 e. The van der Waals surface area contributed by atoms with Gasteiger partial charge in [0.2, 0.25) is 0 Å². The Kier molecular flexibility index (Phi) is 3.78. The van der Waals surface area contributed by atoms with Gasteiger partial charge in [0.1, 0.15) is 11.9 Å². The highest BCUT2D eigenvalue weighted by atomic mass is 19.1. The second-order valence-electron chi connectivity index (χ2n) is 4.23. The summed E-state index contributed by atoms with van der Waals surface area (Å²) in [6.45, 7) is 0.932. The van der Waals surface area contributed by atoms with Gasteiger partial charge in [0.15, 0.2) is 0 Å². The Balaban J connectivity index is 2.04. The fourth-order valence-corrected chi connectivity index (χ4v) is 2.15. The summed E-state index contributed by atoms with van der Waals surface area (Å²) in [4.78, 5) is 0. The van der Waals surface area contributed by atoms with Crippen molar-refractivity contribution in [3.63, 3.8) is 0 Å². The smallest absolute Gasteiger partial charge is 0.140 e. The molecule has 0 saturated carbocycles. The molecule has 2 rings (SSSR count). The maximum atomic E-state index is 14.2. The Hall–Kier alpha value is -1.09. The SMILES string of the molecule is COc1ccc(C(F)C2CCCCN2)cc1. The van der Waals surface area contributed by atoms with Gasteiger partial charge in [-0.25, -0.2) is 4.39 Å². The third kappa shape index (κ3) is 2.53. The topological polar surface area (TPSA) is 21.3 Å². The molecule has 1 aromatic rings. The fraction of sp³-hybridized carbons (Fsp3) is 0.538. The molecule has 0 radical (unpaired) electrons. The molecule has 1 fully saturated rings. The average molecular weight is 223 g/mol. The molecule has 16 heavy (non-hydrogen) atoms. The molecular formula is C13H18FNO. The summed E-state index contributed by atoms with van der Waals surface area (Å²) in [7, 11) is 1.62. The van der Waals surface area contributed by atoms with Gasteiger partial charge in [-0.2, -0.15) is 0 Å². The second kappa shape index (κ2) is 5.30. The van der Waals surface area contributed by atoms with Crippen LogP contribution in [0.2, 0.25) is 0 Å². The van der Waals surface area contributed by atoms with E-state index in [9.17, 15) is 4.39 Å². The van der Waals surface area contributed by atoms with Gasteiger partial charge in [-0.15, -0.1) is 0 Å². The molecule has 2 nitrogen and oxygen atoms in total. The minimum atomic E-state index is -0.911. The average Bonchev–Trinajstić information content (AvgIpc) is 2.39. The van der Waals surface area contributed by atoms with Crippen molar-refractivity contribution in [3.05, 3.63) is 29.8 Å². The molecule has 1 aromatic carbocycles. The Morgan fingerprint density at radius 1 is 1.31 bits per heavy atom. The number of halogens is 1. The molecule has 0 aromatic heterocycles. The van der Waals surface area contributed by atoms with Gasteiger partial charge in [-0.3, -0.25) is 0 Å². The number of ether oxygens (including phenoxy) is 1.